The molecule has 30 heavy (non-hydrogen) atoms. The van der Waals surface area contributed by atoms with Gasteiger partial charge in [0, 0.05) is 17.7 Å². The summed E-state index contributed by atoms with van der Waals surface area (Å²) in [6, 6.07) is 10.2. The van der Waals surface area contributed by atoms with Crippen LogP contribution in [0.5, 0.6) is 11.5 Å². The molecule has 0 aromatic heterocycles. The molecule has 9 nitrogen and oxygen atoms in total. The molecule has 0 fully saturated rings. The maximum atomic E-state index is 11.1. The molecule has 1 amide bonds. The topological polar surface area (TPSA) is 112 Å². The normalized spacial score (nSPS) is 10.8. The van der Waals surface area contributed by atoms with E-state index in [1.807, 2.05) is 19.1 Å². The summed E-state index contributed by atoms with van der Waals surface area (Å²) in [5.74, 6) is 1.50. The largest absolute Gasteiger partial charge is 0.490 e. The molecule has 0 spiro atoms. The van der Waals surface area contributed by atoms with Crippen molar-refractivity contribution in [2.45, 2.75) is 26.7 Å². The van der Waals surface area contributed by atoms with Crippen LogP contribution in [0.1, 0.15) is 36.5 Å². The third-order valence-corrected chi connectivity index (χ3v) is 4.14. The van der Waals surface area contributed by atoms with Crippen LogP contribution in [0.15, 0.2) is 41.5 Å². The zero-order chi connectivity index (χ0) is 22.1. The Kier molecular flexibility index (Phi) is 8.16. The highest BCUT2D eigenvalue weighted by molar-refractivity contribution is 5.85. The van der Waals surface area contributed by atoms with Crippen molar-refractivity contribution in [2.75, 3.05) is 20.3 Å². The van der Waals surface area contributed by atoms with Crippen molar-refractivity contribution in [3.8, 4) is 11.5 Å². The van der Waals surface area contributed by atoms with Crippen LogP contribution >= 0.6 is 0 Å². The van der Waals surface area contributed by atoms with Gasteiger partial charge in [-0.15, -0.1) is 0 Å². The molecular formula is C21H25N3O6. The molecule has 0 aliphatic rings. The summed E-state index contributed by atoms with van der Waals surface area (Å²) in [7, 11) is 1.20. The maximum Gasteiger partial charge on any atom is 0.427 e. The summed E-state index contributed by atoms with van der Waals surface area (Å²) < 4.78 is 16.0. The second kappa shape index (κ2) is 10.8. The molecular weight excluding hydrogens is 390 g/mol. The molecule has 0 radical (unpaired) electrons. The first-order valence-electron chi connectivity index (χ1n) is 9.33. The van der Waals surface area contributed by atoms with Gasteiger partial charge < -0.3 is 14.2 Å². The smallest absolute Gasteiger partial charge is 0.427 e. The van der Waals surface area contributed by atoms with E-state index in [1.165, 1.54) is 31.5 Å². The Morgan fingerprint density at radius 1 is 1.17 bits per heavy atom. The fraction of sp³-hybridized carbons (Fsp3) is 0.333. The Labute approximate surface area is 174 Å². The average Bonchev–Trinajstić information content (AvgIpc) is 2.71. The number of rotatable bonds is 9. The molecule has 2 rings (SSSR count). The van der Waals surface area contributed by atoms with E-state index in [0.717, 1.165) is 16.9 Å². The number of methoxy groups -OCH3 is 1. The number of hydrogen-bond acceptors (Lipinski definition) is 7. The molecule has 9 heteroatoms. The Hall–Kier alpha value is -3.62. The minimum absolute atomic E-state index is 0.126. The van der Waals surface area contributed by atoms with Crippen molar-refractivity contribution in [2.24, 2.45) is 5.10 Å². The van der Waals surface area contributed by atoms with Crippen molar-refractivity contribution in [3.05, 3.63) is 63.2 Å². The number of aryl methyl sites for hydroxylation is 1. The second-order valence-corrected chi connectivity index (χ2v) is 6.73. The molecule has 2 aromatic carbocycles. The van der Waals surface area contributed by atoms with Crippen molar-refractivity contribution in [1.82, 2.24) is 5.43 Å². The van der Waals surface area contributed by atoms with Crippen LogP contribution in [0.2, 0.25) is 0 Å². The van der Waals surface area contributed by atoms with E-state index in [0.29, 0.717) is 17.2 Å². The molecule has 0 aliphatic carbocycles. The highest BCUT2D eigenvalue weighted by Gasteiger charge is 2.12. The predicted molar refractivity (Wildman–Crippen MR) is 112 cm³/mol. The minimum atomic E-state index is -0.758. The van der Waals surface area contributed by atoms with Crippen molar-refractivity contribution >= 4 is 18.0 Å². The van der Waals surface area contributed by atoms with E-state index in [4.69, 9.17) is 9.47 Å². The summed E-state index contributed by atoms with van der Waals surface area (Å²) in [4.78, 5) is 21.6. The van der Waals surface area contributed by atoms with Gasteiger partial charge in [0.1, 0.15) is 24.7 Å². The molecule has 160 valence electrons. The van der Waals surface area contributed by atoms with Gasteiger partial charge >= 0.3 is 6.09 Å². The van der Waals surface area contributed by atoms with Crippen LogP contribution in [-0.4, -0.2) is 37.6 Å². The Morgan fingerprint density at radius 2 is 1.87 bits per heavy atom. The van der Waals surface area contributed by atoms with Gasteiger partial charge in [-0.2, -0.15) is 5.10 Å². The van der Waals surface area contributed by atoms with Gasteiger partial charge in [0.05, 0.1) is 18.2 Å². The first-order valence-corrected chi connectivity index (χ1v) is 9.33. The molecule has 0 saturated heterocycles. The molecule has 1 N–H and O–H groups in total. The van der Waals surface area contributed by atoms with Crippen LogP contribution in [0.25, 0.3) is 0 Å². The number of carbonyl (C=O) groups is 1. The van der Waals surface area contributed by atoms with E-state index < -0.39 is 11.0 Å². The minimum Gasteiger partial charge on any atom is -0.490 e. The van der Waals surface area contributed by atoms with E-state index in [1.54, 1.807) is 0 Å². The highest BCUT2D eigenvalue weighted by Crippen LogP contribution is 2.27. The monoisotopic (exact) mass is 415 g/mol. The van der Waals surface area contributed by atoms with Gasteiger partial charge in [-0.3, -0.25) is 10.1 Å². The summed E-state index contributed by atoms with van der Waals surface area (Å²) in [6.07, 6.45) is 0.490. The number of non-ortho nitro benzene ring substituents is 1. The van der Waals surface area contributed by atoms with E-state index in [9.17, 15) is 14.9 Å². The number of carbonyl (C=O) groups excluding carboxylic acids is 1. The Balaban J connectivity index is 2.06. The zero-order valence-electron chi connectivity index (χ0n) is 17.4. The number of amides is 1. The number of hydrogen-bond donors (Lipinski definition) is 1. The third-order valence-electron chi connectivity index (χ3n) is 4.14. The molecule has 0 heterocycles. The number of nitro benzene ring substituents is 1. The molecule has 0 bridgehead atoms. The number of ether oxygens (including phenoxy) is 3. The first kappa shape index (κ1) is 22.7. The van der Waals surface area contributed by atoms with Gasteiger partial charge in [0.25, 0.3) is 5.69 Å². The molecule has 0 saturated carbocycles. The predicted octanol–water partition coefficient (Wildman–Crippen LogP) is 4.17. The summed E-state index contributed by atoms with van der Waals surface area (Å²) in [5, 5.41) is 14.7. The van der Waals surface area contributed by atoms with Crippen LogP contribution in [0.3, 0.4) is 0 Å². The Bertz CT molecular complexity index is 927. The summed E-state index contributed by atoms with van der Waals surface area (Å²) >= 11 is 0. The summed E-state index contributed by atoms with van der Waals surface area (Å²) in [6.45, 7) is 6.70. The highest BCUT2D eigenvalue weighted by atomic mass is 16.6. The quantitative estimate of drug-likeness (QED) is 0.285. The van der Waals surface area contributed by atoms with Crippen LogP contribution < -0.4 is 14.9 Å². The van der Waals surface area contributed by atoms with E-state index in [2.05, 4.69) is 35.2 Å². The third kappa shape index (κ3) is 6.47. The number of nitro groups is 1. The lowest BCUT2D eigenvalue weighted by Gasteiger charge is -2.15. The maximum absolute atomic E-state index is 11.1. The van der Waals surface area contributed by atoms with Crippen LogP contribution in [0, 0.1) is 17.0 Å². The van der Waals surface area contributed by atoms with Crippen LogP contribution in [-0.2, 0) is 4.74 Å². The number of hydrazone groups is 1. The van der Waals surface area contributed by atoms with Gasteiger partial charge in [-0.05, 0) is 36.1 Å². The fourth-order valence-electron chi connectivity index (χ4n) is 2.63. The zero-order valence-corrected chi connectivity index (χ0v) is 17.4. The second-order valence-electron chi connectivity index (χ2n) is 6.73. The molecule has 2 aromatic rings. The van der Waals surface area contributed by atoms with Crippen LogP contribution in [0.4, 0.5) is 10.5 Å². The summed E-state index contributed by atoms with van der Waals surface area (Å²) in [5.41, 5.74) is 4.54. The van der Waals surface area contributed by atoms with Crippen molar-refractivity contribution in [3.63, 3.8) is 0 Å². The standard InChI is InChI=1S/C21H25N3O6/c1-14(2)18-7-5-15(3)11-20(18)30-10-9-29-19-8-6-17(24(26)27)12-16(19)13-22-23-21(25)28-4/h5-8,11-14H,9-10H2,1-4H3,(H,23,25)/b22-13-. The van der Waals surface area contributed by atoms with E-state index >= 15 is 0 Å². The lowest BCUT2D eigenvalue weighted by molar-refractivity contribution is -0.384. The first-order chi connectivity index (χ1) is 14.3. The molecule has 0 atom stereocenters. The van der Waals surface area contributed by atoms with Gasteiger partial charge in [-0.25, -0.2) is 10.2 Å². The fourth-order valence-corrected chi connectivity index (χ4v) is 2.63. The van der Waals surface area contributed by atoms with Crippen molar-refractivity contribution in [1.29, 1.82) is 0 Å². The number of benzene rings is 2. The lowest BCUT2D eigenvalue weighted by Crippen LogP contribution is -2.17. The van der Waals surface area contributed by atoms with Gasteiger partial charge in [0.2, 0.25) is 0 Å². The average molecular weight is 415 g/mol. The molecule has 0 aliphatic heterocycles. The van der Waals surface area contributed by atoms with Gasteiger partial charge in [0.15, 0.2) is 0 Å². The number of nitrogens with one attached hydrogen (secondary N) is 1. The Morgan fingerprint density at radius 3 is 2.50 bits per heavy atom. The number of nitrogens with zero attached hydrogens (tertiary/aromatic N) is 2. The SMILES string of the molecule is COC(=O)N/N=C\c1cc([N+](=O)[O-])ccc1OCCOc1cc(C)ccc1C(C)C. The molecule has 0 unspecified atom stereocenters. The van der Waals surface area contributed by atoms with E-state index in [-0.39, 0.29) is 18.9 Å². The van der Waals surface area contributed by atoms with Gasteiger partial charge in [-0.1, -0.05) is 26.0 Å². The van der Waals surface area contributed by atoms with Crippen molar-refractivity contribution < 1.29 is 23.9 Å². The lowest BCUT2D eigenvalue weighted by atomic mass is 10.0.